The zero-order chi connectivity index (χ0) is 12.3. The number of nitrogens with two attached hydrogens (primary N) is 1. The maximum Gasteiger partial charge on any atom is 0.320 e. The second-order valence-corrected chi connectivity index (χ2v) is 4.67. The lowest BCUT2D eigenvalue weighted by molar-refractivity contribution is -0.105. The molecule has 0 unspecified atom stereocenters. The minimum atomic E-state index is 0.0524. The number of piperidine rings is 1. The number of nitrogens with zero attached hydrogens (tertiary/aromatic N) is 2. The predicted molar refractivity (Wildman–Crippen MR) is 64.3 cm³/mol. The number of hydrogen-bond acceptors (Lipinski definition) is 3. The highest BCUT2D eigenvalue weighted by Gasteiger charge is 2.26. The van der Waals surface area contributed by atoms with Crippen LogP contribution < -0.4 is 5.73 Å². The first-order chi connectivity index (χ1) is 8.22. The first-order valence-corrected chi connectivity index (χ1v) is 6.19. The summed E-state index contributed by atoms with van der Waals surface area (Å²) in [6.45, 7) is 2.67. The van der Waals surface area contributed by atoms with E-state index in [2.05, 4.69) is 0 Å². The monoisotopic (exact) mass is 237 g/mol. The van der Waals surface area contributed by atoms with Crippen LogP contribution in [0, 0.1) is 0 Å². The third kappa shape index (κ3) is 2.60. The molecule has 2 aliphatic rings. The highest BCUT2D eigenvalue weighted by atomic mass is 16.2. The number of urea groups is 1. The second kappa shape index (κ2) is 5.21. The van der Waals surface area contributed by atoms with E-state index < -0.39 is 0 Å². The van der Waals surface area contributed by atoms with E-state index in [4.69, 9.17) is 5.73 Å². The van der Waals surface area contributed by atoms with Crippen LogP contribution in [0.3, 0.4) is 0 Å². The average Bonchev–Trinajstić information content (AvgIpc) is 2.39. The van der Waals surface area contributed by atoms with E-state index in [1.54, 1.807) is 4.90 Å². The molecule has 2 N–H and O–H groups in total. The van der Waals surface area contributed by atoms with Gasteiger partial charge in [0.25, 0.3) is 0 Å². The summed E-state index contributed by atoms with van der Waals surface area (Å²) in [7, 11) is 0. The van der Waals surface area contributed by atoms with Crippen molar-refractivity contribution >= 4 is 12.3 Å². The van der Waals surface area contributed by atoms with Crippen molar-refractivity contribution in [2.24, 2.45) is 5.73 Å². The molecule has 1 saturated heterocycles. The fraction of sp³-hybridized carbons (Fsp3) is 0.667. The predicted octanol–water partition coefficient (Wildman–Crippen LogP) is 0.710. The van der Waals surface area contributed by atoms with Crippen LogP contribution in [0.5, 0.6) is 0 Å². The van der Waals surface area contributed by atoms with Gasteiger partial charge in [0.15, 0.2) is 0 Å². The summed E-state index contributed by atoms with van der Waals surface area (Å²) in [6, 6.07) is 0.0524. The Kier molecular flexibility index (Phi) is 3.66. The summed E-state index contributed by atoms with van der Waals surface area (Å²) < 4.78 is 0. The van der Waals surface area contributed by atoms with Crippen molar-refractivity contribution < 1.29 is 9.59 Å². The SMILES string of the molecule is NC1=C(C=O)CN(C(=O)N2CCCCC2)CC1. The third-order valence-corrected chi connectivity index (χ3v) is 3.46. The average molecular weight is 237 g/mol. The molecule has 0 bridgehead atoms. The number of hydrogen-bond donors (Lipinski definition) is 1. The largest absolute Gasteiger partial charge is 0.402 e. The number of aldehydes is 1. The van der Waals surface area contributed by atoms with E-state index in [1.165, 1.54) is 6.42 Å². The third-order valence-electron chi connectivity index (χ3n) is 3.46. The first kappa shape index (κ1) is 12.0. The number of amides is 2. The van der Waals surface area contributed by atoms with Crippen molar-refractivity contribution in [1.82, 2.24) is 9.80 Å². The minimum absolute atomic E-state index is 0.0524. The van der Waals surface area contributed by atoms with Crippen LogP contribution in [-0.4, -0.2) is 48.3 Å². The zero-order valence-electron chi connectivity index (χ0n) is 10.0. The van der Waals surface area contributed by atoms with Gasteiger partial charge >= 0.3 is 6.03 Å². The molecular weight excluding hydrogens is 218 g/mol. The van der Waals surface area contributed by atoms with E-state index in [9.17, 15) is 9.59 Å². The quantitative estimate of drug-likeness (QED) is 0.683. The number of likely N-dealkylation sites (tertiary alicyclic amines) is 1. The Balaban J connectivity index is 1.99. The zero-order valence-corrected chi connectivity index (χ0v) is 10.0. The summed E-state index contributed by atoms with van der Waals surface area (Å²) in [5.41, 5.74) is 6.91. The molecule has 17 heavy (non-hydrogen) atoms. The van der Waals surface area contributed by atoms with Gasteiger partial charge in [0.05, 0.1) is 6.54 Å². The van der Waals surface area contributed by atoms with Crippen molar-refractivity contribution in [3.63, 3.8) is 0 Å². The summed E-state index contributed by atoms with van der Waals surface area (Å²) in [6.07, 6.45) is 4.74. The Bertz CT molecular complexity index is 346. The maximum absolute atomic E-state index is 12.2. The van der Waals surface area contributed by atoms with Gasteiger partial charge in [-0.15, -0.1) is 0 Å². The van der Waals surface area contributed by atoms with Crippen molar-refractivity contribution in [1.29, 1.82) is 0 Å². The van der Waals surface area contributed by atoms with Crippen molar-refractivity contribution in [3.8, 4) is 0 Å². The van der Waals surface area contributed by atoms with E-state index in [-0.39, 0.29) is 6.03 Å². The molecular formula is C12H19N3O2. The molecule has 1 fully saturated rings. The molecule has 2 aliphatic heterocycles. The molecule has 0 aromatic heterocycles. The van der Waals surface area contributed by atoms with Crippen molar-refractivity contribution in [3.05, 3.63) is 11.3 Å². The number of carbonyl (C=O) groups is 2. The van der Waals surface area contributed by atoms with Gasteiger partial charge in [-0.2, -0.15) is 0 Å². The molecule has 0 spiro atoms. The molecule has 5 heteroatoms. The maximum atomic E-state index is 12.2. The standard InChI is InChI=1S/C12H19N3O2/c13-11-4-7-15(8-10(11)9-16)12(17)14-5-2-1-3-6-14/h9H,1-8,13H2. The first-order valence-electron chi connectivity index (χ1n) is 6.19. The second-order valence-electron chi connectivity index (χ2n) is 4.67. The van der Waals surface area contributed by atoms with Crippen LogP contribution in [0.1, 0.15) is 25.7 Å². The summed E-state index contributed by atoms with van der Waals surface area (Å²) in [5, 5.41) is 0. The van der Waals surface area contributed by atoms with Crippen LogP contribution in [0.15, 0.2) is 11.3 Å². The van der Waals surface area contributed by atoms with Crippen molar-refractivity contribution in [2.75, 3.05) is 26.2 Å². The molecule has 0 radical (unpaired) electrons. The topological polar surface area (TPSA) is 66.6 Å². The Morgan fingerprint density at radius 1 is 1.12 bits per heavy atom. The van der Waals surface area contributed by atoms with Gasteiger partial charge in [0.1, 0.15) is 6.29 Å². The highest BCUT2D eigenvalue weighted by molar-refractivity contribution is 5.80. The summed E-state index contributed by atoms with van der Waals surface area (Å²) in [4.78, 5) is 26.6. The van der Waals surface area contributed by atoms with Gasteiger partial charge in [-0.25, -0.2) is 4.79 Å². The lowest BCUT2D eigenvalue weighted by Crippen LogP contribution is -2.48. The smallest absolute Gasteiger partial charge is 0.320 e. The minimum Gasteiger partial charge on any atom is -0.402 e. The van der Waals surface area contributed by atoms with Gasteiger partial charge in [-0.05, 0) is 19.3 Å². The number of rotatable bonds is 1. The molecule has 2 rings (SSSR count). The van der Waals surface area contributed by atoms with E-state index in [1.807, 2.05) is 4.90 Å². The lowest BCUT2D eigenvalue weighted by atomic mass is 10.1. The lowest BCUT2D eigenvalue weighted by Gasteiger charge is -2.35. The molecule has 5 nitrogen and oxygen atoms in total. The van der Waals surface area contributed by atoms with Gasteiger partial charge in [-0.1, -0.05) is 0 Å². The molecule has 0 saturated carbocycles. The summed E-state index contributed by atoms with van der Waals surface area (Å²) >= 11 is 0. The fourth-order valence-corrected chi connectivity index (χ4v) is 2.36. The molecule has 2 amide bonds. The van der Waals surface area contributed by atoms with Crippen LogP contribution in [0.4, 0.5) is 4.79 Å². The van der Waals surface area contributed by atoms with Crippen molar-refractivity contribution in [2.45, 2.75) is 25.7 Å². The molecule has 0 atom stereocenters. The molecule has 0 aliphatic carbocycles. The Hall–Kier alpha value is -1.52. The molecule has 0 aromatic carbocycles. The molecule has 2 heterocycles. The fourth-order valence-electron chi connectivity index (χ4n) is 2.36. The Morgan fingerprint density at radius 3 is 2.47 bits per heavy atom. The van der Waals surface area contributed by atoms with Gasteiger partial charge < -0.3 is 15.5 Å². The molecule has 94 valence electrons. The van der Waals surface area contributed by atoms with Crippen LogP contribution in [0.25, 0.3) is 0 Å². The van der Waals surface area contributed by atoms with Crippen LogP contribution in [0.2, 0.25) is 0 Å². The molecule has 0 aromatic rings. The van der Waals surface area contributed by atoms with Gasteiger partial charge in [0.2, 0.25) is 0 Å². The van der Waals surface area contributed by atoms with Gasteiger partial charge in [0, 0.05) is 37.3 Å². The van der Waals surface area contributed by atoms with E-state index in [0.717, 1.165) is 32.2 Å². The van der Waals surface area contributed by atoms with Crippen LogP contribution >= 0.6 is 0 Å². The van der Waals surface area contributed by atoms with Crippen LogP contribution in [-0.2, 0) is 4.79 Å². The van der Waals surface area contributed by atoms with Gasteiger partial charge in [-0.3, -0.25) is 4.79 Å². The Labute approximate surface area is 101 Å². The van der Waals surface area contributed by atoms with E-state index >= 15 is 0 Å². The Morgan fingerprint density at radius 2 is 1.82 bits per heavy atom. The van der Waals surface area contributed by atoms with E-state index in [0.29, 0.717) is 30.8 Å². The normalized spacial score (nSPS) is 21.6. The highest BCUT2D eigenvalue weighted by Crippen LogP contribution is 2.16. The number of carbonyl (C=O) groups excluding carboxylic acids is 2. The summed E-state index contributed by atoms with van der Waals surface area (Å²) in [5.74, 6) is 0.